The first-order valence-electron chi connectivity index (χ1n) is 7.15. The third kappa shape index (κ3) is 3.55. The first-order chi connectivity index (χ1) is 11.6. The van der Waals surface area contributed by atoms with Gasteiger partial charge in [-0.05, 0) is 41.3 Å². The monoisotopic (exact) mass is 338 g/mol. The van der Waals surface area contributed by atoms with Gasteiger partial charge in [0.1, 0.15) is 5.75 Å². The molecule has 118 valence electrons. The summed E-state index contributed by atoms with van der Waals surface area (Å²) in [6.45, 7) is -0.716. The van der Waals surface area contributed by atoms with Crippen LogP contribution in [0.3, 0.4) is 0 Å². The molecule has 2 aromatic heterocycles. The van der Waals surface area contributed by atoms with E-state index in [0.717, 1.165) is 0 Å². The molecule has 0 saturated carbocycles. The summed E-state index contributed by atoms with van der Waals surface area (Å²) in [6, 6.07) is 13.5. The topological polar surface area (TPSA) is 72.3 Å². The number of carbonyl (C=O) groups excluding carboxylic acids is 1. The fraction of sp³-hybridized carbons (Fsp3) is 0. The SMILES string of the molecule is O=C(OB(c1cccnc1)c1cccc(Cl)c1)c1ncccc1O. The van der Waals surface area contributed by atoms with Crippen LogP contribution in [0.4, 0.5) is 0 Å². The van der Waals surface area contributed by atoms with Gasteiger partial charge in [0.15, 0.2) is 5.69 Å². The van der Waals surface area contributed by atoms with Crippen molar-refractivity contribution in [2.24, 2.45) is 0 Å². The Balaban J connectivity index is 1.97. The van der Waals surface area contributed by atoms with E-state index in [0.29, 0.717) is 15.9 Å². The number of aromatic nitrogens is 2. The number of aromatic hydroxyl groups is 1. The molecule has 0 unspecified atom stereocenters. The van der Waals surface area contributed by atoms with E-state index in [-0.39, 0.29) is 11.4 Å². The van der Waals surface area contributed by atoms with Crippen molar-refractivity contribution in [1.29, 1.82) is 0 Å². The fourth-order valence-electron chi connectivity index (χ4n) is 2.25. The summed E-state index contributed by atoms with van der Waals surface area (Å²) in [5.74, 6) is -0.972. The molecule has 0 aliphatic heterocycles. The van der Waals surface area contributed by atoms with Crippen LogP contribution in [0.2, 0.25) is 5.02 Å². The highest BCUT2D eigenvalue weighted by Crippen LogP contribution is 2.14. The molecule has 0 aliphatic carbocycles. The molecular formula is C17H12BClN2O3. The van der Waals surface area contributed by atoms with Gasteiger partial charge in [-0.25, -0.2) is 9.78 Å². The third-order valence-electron chi connectivity index (χ3n) is 3.34. The van der Waals surface area contributed by atoms with Crippen LogP contribution in [0, 0.1) is 0 Å². The van der Waals surface area contributed by atoms with Crippen molar-refractivity contribution in [2.75, 3.05) is 0 Å². The van der Waals surface area contributed by atoms with Crippen LogP contribution in [0.1, 0.15) is 10.5 Å². The average Bonchev–Trinajstić information content (AvgIpc) is 2.60. The Hall–Kier alpha value is -2.86. The normalized spacial score (nSPS) is 10.2. The third-order valence-corrected chi connectivity index (χ3v) is 3.58. The molecule has 0 fully saturated rings. The largest absolute Gasteiger partial charge is 0.521 e. The van der Waals surface area contributed by atoms with Gasteiger partial charge >= 0.3 is 12.9 Å². The number of rotatable bonds is 4. The Morgan fingerprint density at radius 1 is 1.08 bits per heavy atom. The number of halogens is 1. The highest BCUT2D eigenvalue weighted by Gasteiger charge is 2.28. The predicted octanol–water partition coefficient (Wildman–Crippen LogP) is 1.80. The first-order valence-corrected chi connectivity index (χ1v) is 7.53. The van der Waals surface area contributed by atoms with Crippen molar-refractivity contribution in [3.05, 3.63) is 77.8 Å². The van der Waals surface area contributed by atoms with Crippen molar-refractivity contribution < 1.29 is 14.6 Å². The van der Waals surface area contributed by atoms with Crippen LogP contribution in [0.25, 0.3) is 0 Å². The number of hydrogen-bond donors (Lipinski definition) is 1. The maximum Gasteiger partial charge on any atom is 0.431 e. The van der Waals surface area contributed by atoms with Crippen molar-refractivity contribution in [1.82, 2.24) is 9.97 Å². The number of carbonyl (C=O) groups is 1. The Bertz CT molecular complexity index is 861. The van der Waals surface area contributed by atoms with Gasteiger partial charge in [0, 0.05) is 23.6 Å². The molecule has 3 aromatic rings. The van der Waals surface area contributed by atoms with Gasteiger partial charge in [0.05, 0.1) is 0 Å². The van der Waals surface area contributed by atoms with Gasteiger partial charge in [-0.15, -0.1) is 0 Å². The lowest BCUT2D eigenvalue weighted by Crippen LogP contribution is -2.46. The molecule has 7 heteroatoms. The van der Waals surface area contributed by atoms with Gasteiger partial charge in [-0.1, -0.05) is 29.8 Å². The molecule has 0 atom stereocenters. The molecule has 5 nitrogen and oxygen atoms in total. The molecule has 0 aliphatic rings. The minimum atomic E-state index is -0.734. The smallest absolute Gasteiger partial charge is 0.431 e. The molecule has 0 amide bonds. The zero-order chi connectivity index (χ0) is 16.9. The molecule has 1 aromatic carbocycles. The molecule has 2 heterocycles. The molecule has 0 spiro atoms. The zero-order valence-corrected chi connectivity index (χ0v) is 13.2. The maximum absolute atomic E-state index is 12.4. The van der Waals surface area contributed by atoms with Crippen LogP contribution in [-0.2, 0) is 4.65 Å². The highest BCUT2D eigenvalue weighted by atomic mass is 35.5. The van der Waals surface area contributed by atoms with Crippen LogP contribution < -0.4 is 10.9 Å². The molecule has 1 N–H and O–H groups in total. The van der Waals surface area contributed by atoms with Gasteiger partial charge < -0.3 is 9.76 Å². The molecule has 3 rings (SSSR count). The number of pyridine rings is 2. The second kappa shape index (κ2) is 7.15. The minimum Gasteiger partial charge on any atom is -0.521 e. The Labute approximate surface area is 144 Å². The summed E-state index contributed by atoms with van der Waals surface area (Å²) in [5.41, 5.74) is 1.23. The van der Waals surface area contributed by atoms with E-state index >= 15 is 0 Å². The average molecular weight is 339 g/mol. The van der Waals surface area contributed by atoms with E-state index in [2.05, 4.69) is 9.97 Å². The van der Waals surface area contributed by atoms with E-state index in [1.807, 2.05) is 0 Å². The Morgan fingerprint density at radius 3 is 2.58 bits per heavy atom. The fourth-order valence-corrected chi connectivity index (χ4v) is 2.44. The van der Waals surface area contributed by atoms with E-state index < -0.39 is 12.9 Å². The van der Waals surface area contributed by atoms with Crippen molar-refractivity contribution in [3.8, 4) is 5.75 Å². The molecular weight excluding hydrogens is 326 g/mol. The van der Waals surface area contributed by atoms with Crippen molar-refractivity contribution >= 4 is 35.4 Å². The van der Waals surface area contributed by atoms with Gasteiger partial charge in [0.25, 0.3) is 0 Å². The maximum atomic E-state index is 12.4. The lowest BCUT2D eigenvalue weighted by Gasteiger charge is -2.15. The van der Waals surface area contributed by atoms with Gasteiger partial charge in [-0.3, -0.25) is 4.98 Å². The molecule has 0 saturated heterocycles. The number of nitrogens with zero attached hydrogens (tertiary/aromatic N) is 2. The van der Waals surface area contributed by atoms with Gasteiger partial charge in [-0.2, -0.15) is 0 Å². The van der Waals surface area contributed by atoms with Crippen LogP contribution in [-0.4, -0.2) is 28.0 Å². The summed E-state index contributed by atoms with van der Waals surface area (Å²) in [6.07, 6.45) is 4.65. The van der Waals surface area contributed by atoms with E-state index in [4.69, 9.17) is 16.3 Å². The lowest BCUT2D eigenvalue weighted by molar-refractivity contribution is 0.0729. The van der Waals surface area contributed by atoms with Crippen LogP contribution in [0.15, 0.2) is 67.1 Å². The first kappa shape index (κ1) is 16.0. The minimum absolute atomic E-state index is 0.145. The van der Waals surface area contributed by atoms with Crippen LogP contribution in [0.5, 0.6) is 5.75 Å². The van der Waals surface area contributed by atoms with Crippen molar-refractivity contribution in [3.63, 3.8) is 0 Å². The number of hydrogen-bond acceptors (Lipinski definition) is 5. The van der Waals surface area contributed by atoms with E-state index in [9.17, 15) is 9.90 Å². The van der Waals surface area contributed by atoms with Crippen LogP contribution >= 0.6 is 11.6 Å². The second-order valence-corrected chi connectivity index (χ2v) is 5.43. The summed E-state index contributed by atoms with van der Waals surface area (Å²) in [5, 5.41) is 10.3. The number of benzene rings is 1. The quantitative estimate of drug-likeness (QED) is 0.734. The van der Waals surface area contributed by atoms with Gasteiger partial charge in [0.2, 0.25) is 0 Å². The van der Waals surface area contributed by atoms with Crippen molar-refractivity contribution in [2.45, 2.75) is 0 Å². The van der Waals surface area contributed by atoms with E-state index in [1.165, 1.54) is 18.3 Å². The predicted molar refractivity (Wildman–Crippen MR) is 92.0 cm³/mol. The summed E-state index contributed by atoms with van der Waals surface area (Å²) in [7, 11) is 0. The highest BCUT2D eigenvalue weighted by molar-refractivity contribution is 6.81. The summed E-state index contributed by atoms with van der Waals surface area (Å²) < 4.78 is 5.58. The second-order valence-electron chi connectivity index (χ2n) is 5.00. The summed E-state index contributed by atoms with van der Waals surface area (Å²) >= 11 is 6.05. The molecule has 24 heavy (non-hydrogen) atoms. The van der Waals surface area contributed by atoms with E-state index in [1.54, 1.807) is 48.8 Å². The standard InChI is InChI=1S/C17H12BClN2O3/c19-14-6-1-4-12(10-14)18(13-5-2-8-20-11-13)24-17(23)16-15(22)7-3-9-21-16/h1-11,22H. The summed E-state index contributed by atoms with van der Waals surface area (Å²) in [4.78, 5) is 20.3. The Kier molecular flexibility index (Phi) is 4.77. The Morgan fingerprint density at radius 2 is 1.88 bits per heavy atom. The zero-order valence-electron chi connectivity index (χ0n) is 12.5. The molecule has 0 bridgehead atoms. The molecule has 0 radical (unpaired) electrons. The lowest BCUT2D eigenvalue weighted by atomic mass is 9.56.